The first-order valence-corrected chi connectivity index (χ1v) is 5.00. The van der Waals surface area contributed by atoms with E-state index in [2.05, 4.69) is 33.6 Å². The number of terminal acetylenes is 1. The molecule has 1 rings (SSSR count). The van der Waals surface area contributed by atoms with Crippen LogP contribution in [0.25, 0.3) is 0 Å². The molecular weight excluding hydrogens is 160 g/mol. The molecule has 0 aromatic carbocycles. The van der Waals surface area contributed by atoms with Gasteiger partial charge in [0.25, 0.3) is 0 Å². The summed E-state index contributed by atoms with van der Waals surface area (Å²) >= 11 is 0. The lowest BCUT2D eigenvalue weighted by Crippen LogP contribution is -2.42. The zero-order chi connectivity index (χ0) is 10.3. The van der Waals surface area contributed by atoms with Crippen molar-refractivity contribution < 1.29 is 5.11 Å². The highest BCUT2D eigenvalue weighted by Crippen LogP contribution is 2.57. The average Bonchev–Trinajstić information content (AvgIpc) is 2.29. The van der Waals surface area contributed by atoms with Crippen LogP contribution in [-0.4, -0.2) is 11.2 Å². The van der Waals surface area contributed by atoms with Gasteiger partial charge in [0.1, 0.15) is 6.10 Å². The van der Waals surface area contributed by atoms with Gasteiger partial charge in [0.15, 0.2) is 0 Å². The van der Waals surface area contributed by atoms with Crippen molar-refractivity contribution in [1.29, 1.82) is 0 Å². The van der Waals surface area contributed by atoms with Crippen LogP contribution >= 0.6 is 0 Å². The van der Waals surface area contributed by atoms with Crippen molar-refractivity contribution in [2.75, 3.05) is 0 Å². The maximum absolute atomic E-state index is 9.83. The van der Waals surface area contributed by atoms with E-state index in [-0.39, 0.29) is 10.8 Å². The van der Waals surface area contributed by atoms with E-state index in [4.69, 9.17) is 6.42 Å². The summed E-state index contributed by atoms with van der Waals surface area (Å²) in [5.41, 5.74) is 0.0277. The molecule has 0 heterocycles. The minimum absolute atomic E-state index is 0.110. The standard InChI is InChI=1S/C12H20O/c1-6-10(13)12(5)8-7-9(2)11(12,3)4/h1,9-10,13H,7-8H2,2-5H3. The van der Waals surface area contributed by atoms with Gasteiger partial charge < -0.3 is 5.11 Å². The highest BCUT2D eigenvalue weighted by Gasteiger charge is 2.52. The number of aliphatic hydroxyl groups is 1. The van der Waals surface area contributed by atoms with Crippen molar-refractivity contribution in [1.82, 2.24) is 0 Å². The van der Waals surface area contributed by atoms with E-state index in [1.807, 2.05) is 0 Å². The van der Waals surface area contributed by atoms with Gasteiger partial charge in [0.05, 0.1) is 0 Å². The summed E-state index contributed by atoms with van der Waals surface area (Å²) in [6.45, 7) is 8.78. The SMILES string of the molecule is C#CC(O)C1(C)CCC(C)C1(C)C. The quantitative estimate of drug-likeness (QED) is 0.614. The number of rotatable bonds is 1. The van der Waals surface area contributed by atoms with Gasteiger partial charge in [-0.15, -0.1) is 6.42 Å². The molecule has 0 aromatic heterocycles. The monoisotopic (exact) mass is 180 g/mol. The summed E-state index contributed by atoms with van der Waals surface area (Å²) in [6, 6.07) is 0. The van der Waals surface area contributed by atoms with E-state index in [0.29, 0.717) is 5.92 Å². The van der Waals surface area contributed by atoms with Gasteiger partial charge in [-0.3, -0.25) is 0 Å². The maximum atomic E-state index is 9.83. The highest BCUT2D eigenvalue weighted by atomic mass is 16.3. The molecule has 0 radical (unpaired) electrons. The number of aliphatic hydroxyl groups excluding tert-OH is 1. The van der Waals surface area contributed by atoms with Crippen molar-refractivity contribution in [2.24, 2.45) is 16.7 Å². The predicted octanol–water partition coefficient (Wildman–Crippen LogP) is 2.44. The molecule has 0 aliphatic heterocycles. The lowest BCUT2D eigenvalue weighted by molar-refractivity contribution is -0.00834. The number of hydrogen-bond acceptors (Lipinski definition) is 1. The van der Waals surface area contributed by atoms with Crippen LogP contribution < -0.4 is 0 Å². The Balaban J connectivity index is 3.00. The molecule has 1 saturated carbocycles. The summed E-state index contributed by atoms with van der Waals surface area (Å²) in [6.07, 6.45) is 6.90. The molecule has 74 valence electrons. The van der Waals surface area contributed by atoms with Gasteiger partial charge >= 0.3 is 0 Å². The Bertz CT molecular complexity index is 236. The summed E-state index contributed by atoms with van der Waals surface area (Å²) in [7, 11) is 0. The molecule has 0 amide bonds. The van der Waals surface area contributed by atoms with Crippen LogP contribution in [0.4, 0.5) is 0 Å². The van der Waals surface area contributed by atoms with Crippen molar-refractivity contribution in [3.63, 3.8) is 0 Å². The minimum Gasteiger partial charge on any atom is -0.380 e. The second kappa shape index (κ2) is 3.03. The molecule has 1 nitrogen and oxygen atoms in total. The smallest absolute Gasteiger partial charge is 0.120 e. The fourth-order valence-corrected chi connectivity index (χ4v) is 2.44. The molecule has 13 heavy (non-hydrogen) atoms. The van der Waals surface area contributed by atoms with Crippen LogP contribution in [-0.2, 0) is 0 Å². The molecule has 1 heteroatoms. The van der Waals surface area contributed by atoms with Gasteiger partial charge in [-0.2, -0.15) is 0 Å². The van der Waals surface area contributed by atoms with Gasteiger partial charge in [0, 0.05) is 5.41 Å². The van der Waals surface area contributed by atoms with Crippen molar-refractivity contribution in [3.05, 3.63) is 0 Å². The lowest BCUT2D eigenvalue weighted by Gasteiger charge is -2.42. The van der Waals surface area contributed by atoms with E-state index >= 15 is 0 Å². The van der Waals surface area contributed by atoms with E-state index in [0.717, 1.165) is 6.42 Å². The molecule has 0 bridgehead atoms. The Morgan fingerprint density at radius 3 is 2.31 bits per heavy atom. The summed E-state index contributed by atoms with van der Waals surface area (Å²) < 4.78 is 0. The van der Waals surface area contributed by atoms with Crippen LogP contribution in [0.5, 0.6) is 0 Å². The van der Waals surface area contributed by atoms with E-state index < -0.39 is 6.10 Å². The predicted molar refractivity (Wildman–Crippen MR) is 55.1 cm³/mol. The molecule has 0 saturated heterocycles. The maximum Gasteiger partial charge on any atom is 0.120 e. The topological polar surface area (TPSA) is 20.2 Å². The molecule has 1 aliphatic carbocycles. The van der Waals surface area contributed by atoms with Crippen LogP contribution in [0.3, 0.4) is 0 Å². The van der Waals surface area contributed by atoms with Gasteiger partial charge in [-0.05, 0) is 24.2 Å². The largest absolute Gasteiger partial charge is 0.380 e. The summed E-state index contributed by atoms with van der Waals surface area (Å²) in [5.74, 6) is 3.12. The van der Waals surface area contributed by atoms with E-state index in [1.165, 1.54) is 6.42 Å². The Morgan fingerprint density at radius 1 is 1.46 bits per heavy atom. The Labute approximate surface area is 81.5 Å². The number of hydrogen-bond donors (Lipinski definition) is 1. The summed E-state index contributed by atoms with van der Waals surface area (Å²) in [4.78, 5) is 0. The molecule has 3 atom stereocenters. The van der Waals surface area contributed by atoms with Crippen molar-refractivity contribution in [2.45, 2.75) is 46.6 Å². The normalized spacial score (nSPS) is 39.8. The first kappa shape index (κ1) is 10.6. The van der Waals surface area contributed by atoms with Gasteiger partial charge in [-0.25, -0.2) is 0 Å². The molecule has 0 aromatic rings. The lowest BCUT2D eigenvalue weighted by atomic mass is 9.63. The highest BCUT2D eigenvalue weighted by molar-refractivity contribution is 5.11. The van der Waals surface area contributed by atoms with Crippen molar-refractivity contribution >= 4 is 0 Å². The summed E-state index contributed by atoms with van der Waals surface area (Å²) in [5, 5.41) is 9.83. The average molecular weight is 180 g/mol. The first-order chi connectivity index (χ1) is 5.86. The Kier molecular flexibility index (Phi) is 2.47. The van der Waals surface area contributed by atoms with Gasteiger partial charge in [0.2, 0.25) is 0 Å². The third kappa shape index (κ3) is 1.28. The van der Waals surface area contributed by atoms with E-state index in [1.54, 1.807) is 0 Å². The fraction of sp³-hybridized carbons (Fsp3) is 0.833. The third-order valence-corrected chi connectivity index (χ3v) is 4.56. The minimum atomic E-state index is -0.604. The van der Waals surface area contributed by atoms with Gasteiger partial charge in [-0.1, -0.05) is 33.6 Å². The second-order valence-electron chi connectivity index (χ2n) is 5.15. The third-order valence-electron chi connectivity index (χ3n) is 4.56. The van der Waals surface area contributed by atoms with Crippen LogP contribution in [0, 0.1) is 29.1 Å². The molecule has 0 spiro atoms. The van der Waals surface area contributed by atoms with Crippen LogP contribution in [0.15, 0.2) is 0 Å². The Morgan fingerprint density at radius 2 is 2.00 bits per heavy atom. The zero-order valence-electron chi connectivity index (χ0n) is 9.09. The van der Waals surface area contributed by atoms with Crippen LogP contribution in [0.2, 0.25) is 0 Å². The second-order valence-corrected chi connectivity index (χ2v) is 5.15. The zero-order valence-corrected chi connectivity index (χ0v) is 9.09. The molecule has 1 N–H and O–H groups in total. The molecule has 3 unspecified atom stereocenters. The molecular formula is C12H20O. The molecule has 1 aliphatic rings. The fourth-order valence-electron chi connectivity index (χ4n) is 2.44. The van der Waals surface area contributed by atoms with Crippen LogP contribution in [0.1, 0.15) is 40.5 Å². The Hall–Kier alpha value is -0.480. The molecule has 1 fully saturated rings. The first-order valence-electron chi connectivity index (χ1n) is 5.00. The van der Waals surface area contributed by atoms with Crippen molar-refractivity contribution in [3.8, 4) is 12.3 Å². The van der Waals surface area contributed by atoms with E-state index in [9.17, 15) is 5.11 Å².